The van der Waals surface area contributed by atoms with E-state index in [1.807, 2.05) is 6.07 Å². The maximum atomic E-state index is 12.2. The summed E-state index contributed by atoms with van der Waals surface area (Å²) in [6, 6.07) is 13.6. The molecule has 6 heteroatoms. The van der Waals surface area contributed by atoms with Crippen molar-refractivity contribution in [2.75, 3.05) is 12.4 Å². The van der Waals surface area contributed by atoms with Gasteiger partial charge in [-0.1, -0.05) is 18.2 Å². The van der Waals surface area contributed by atoms with Gasteiger partial charge < -0.3 is 15.4 Å². The van der Waals surface area contributed by atoms with Crippen LogP contribution < -0.4 is 10.6 Å². The highest BCUT2D eigenvalue weighted by Crippen LogP contribution is 2.32. The summed E-state index contributed by atoms with van der Waals surface area (Å²) >= 11 is 0. The molecule has 0 fully saturated rings. The molecule has 6 nitrogen and oxygen atoms in total. The van der Waals surface area contributed by atoms with Gasteiger partial charge in [0.25, 0.3) is 5.91 Å². The number of carbonyl (C=O) groups excluding carboxylic acids is 3. The molecule has 2 amide bonds. The zero-order chi connectivity index (χ0) is 17.1. The number of nitrogens with one attached hydrogen (secondary N) is 2. The highest BCUT2D eigenvalue weighted by Gasteiger charge is 2.31. The second-order valence-corrected chi connectivity index (χ2v) is 5.39. The van der Waals surface area contributed by atoms with E-state index in [1.54, 1.807) is 49.5 Å². The Morgan fingerprint density at radius 1 is 1.08 bits per heavy atom. The van der Waals surface area contributed by atoms with Crippen LogP contribution in [-0.2, 0) is 9.53 Å². The van der Waals surface area contributed by atoms with Gasteiger partial charge >= 0.3 is 5.97 Å². The zero-order valence-corrected chi connectivity index (χ0v) is 13.0. The molecular weight excluding hydrogens is 308 g/mol. The molecule has 2 aromatic rings. The van der Waals surface area contributed by atoms with Gasteiger partial charge in [-0.2, -0.15) is 0 Å². The van der Waals surface area contributed by atoms with Crippen LogP contribution in [0.5, 0.6) is 0 Å². The van der Waals surface area contributed by atoms with Gasteiger partial charge in [0.05, 0.1) is 12.0 Å². The van der Waals surface area contributed by atoms with Gasteiger partial charge in [0.1, 0.15) is 6.10 Å². The Labute approximate surface area is 138 Å². The third kappa shape index (κ3) is 3.12. The van der Waals surface area contributed by atoms with E-state index in [2.05, 4.69) is 10.6 Å². The summed E-state index contributed by atoms with van der Waals surface area (Å²) in [5.74, 6) is -0.863. The molecule has 0 radical (unpaired) electrons. The summed E-state index contributed by atoms with van der Waals surface area (Å²) < 4.78 is 5.25. The molecule has 0 unspecified atom stereocenters. The average molecular weight is 324 g/mol. The lowest BCUT2D eigenvalue weighted by atomic mass is 10.0. The largest absolute Gasteiger partial charge is 0.453 e. The number of carbonyl (C=O) groups is 3. The fraction of sp³-hybridized carbons (Fsp3) is 0.167. The number of esters is 1. The molecular formula is C18H16N2O4. The van der Waals surface area contributed by atoms with E-state index < -0.39 is 12.1 Å². The quantitative estimate of drug-likeness (QED) is 0.845. The Morgan fingerprint density at radius 3 is 2.50 bits per heavy atom. The van der Waals surface area contributed by atoms with E-state index in [4.69, 9.17) is 4.74 Å². The molecule has 122 valence electrons. The standard InChI is InChI=1S/C18H16N2O4/c1-19-17(22)11-6-8-12(9-7-11)20-16(21)10-15-13-4-2-3-5-14(13)18(23)24-15/h2-9,15H,10H2,1H3,(H,19,22)(H,20,21)/t15-/m1/s1. The molecule has 1 aliphatic heterocycles. The summed E-state index contributed by atoms with van der Waals surface area (Å²) in [6.07, 6.45) is -0.529. The molecule has 24 heavy (non-hydrogen) atoms. The van der Waals surface area contributed by atoms with Crippen molar-refractivity contribution < 1.29 is 19.1 Å². The van der Waals surface area contributed by atoms with Crippen LogP contribution in [0, 0.1) is 0 Å². The maximum absolute atomic E-state index is 12.2. The normalized spacial score (nSPS) is 15.4. The molecule has 0 aromatic heterocycles. The fourth-order valence-electron chi connectivity index (χ4n) is 2.60. The Hall–Kier alpha value is -3.15. The van der Waals surface area contributed by atoms with Crippen LogP contribution in [0.25, 0.3) is 0 Å². The van der Waals surface area contributed by atoms with Crippen LogP contribution in [0.2, 0.25) is 0 Å². The molecule has 3 rings (SSSR count). The molecule has 0 bridgehead atoms. The number of ether oxygens (including phenoxy) is 1. The van der Waals surface area contributed by atoms with Crippen molar-refractivity contribution in [1.29, 1.82) is 0 Å². The van der Waals surface area contributed by atoms with E-state index in [0.717, 1.165) is 5.56 Å². The summed E-state index contributed by atoms with van der Waals surface area (Å²) in [5.41, 5.74) is 2.32. The smallest absolute Gasteiger partial charge is 0.339 e. The van der Waals surface area contributed by atoms with Crippen LogP contribution in [-0.4, -0.2) is 24.8 Å². The predicted molar refractivity (Wildman–Crippen MR) is 87.7 cm³/mol. The molecule has 1 heterocycles. The Morgan fingerprint density at radius 2 is 1.79 bits per heavy atom. The van der Waals surface area contributed by atoms with Gasteiger partial charge in [-0.15, -0.1) is 0 Å². The van der Waals surface area contributed by atoms with Crippen LogP contribution in [0.1, 0.15) is 38.8 Å². The second kappa shape index (κ2) is 6.54. The number of amides is 2. The van der Waals surface area contributed by atoms with Crippen LogP contribution in [0.3, 0.4) is 0 Å². The van der Waals surface area contributed by atoms with Crippen LogP contribution in [0.15, 0.2) is 48.5 Å². The van der Waals surface area contributed by atoms with Crippen molar-refractivity contribution >= 4 is 23.5 Å². The van der Waals surface area contributed by atoms with Gasteiger partial charge in [0, 0.05) is 23.9 Å². The molecule has 0 saturated carbocycles. The number of hydrogen-bond acceptors (Lipinski definition) is 4. The number of hydrogen-bond donors (Lipinski definition) is 2. The van der Waals surface area contributed by atoms with Crippen molar-refractivity contribution in [3.05, 3.63) is 65.2 Å². The summed E-state index contributed by atoms with van der Waals surface area (Å²) in [5, 5.41) is 5.27. The van der Waals surface area contributed by atoms with Crippen molar-refractivity contribution in [3.63, 3.8) is 0 Å². The number of cyclic esters (lactones) is 1. The van der Waals surface area contributed by atoms with Crippen LogP contribution >= 0.6 is 0 Å². The third-order valence-corrected chi connectivity index (χ3v) is 3.81. The monoisotopic (exact) mass is 324 g/mol. The maximum Gasteiger partial charge on any atom is 0.339 e. The summed E-state index contributed by atoms with van der Waals surface area (Å²) in [4.78, 5) is 35.4. The number of anilines is 1. The Balaban J connectivity index is 1.64. The number of benzene rings is 2. The van der Waals surface area contributed by atoms with Crippen molar-refractivity contribution in [3.8, 4) is 0 Å². The van der Waals surface area contributed by atoms with Gasteiger partial charge in [0.2, 0.25) is 5.91 Å². The Kier molecular flexibility index (Phi) is 4.29. The van der Waals surface area contributed by atoms with E-state index in [0.29, 0.717) is 16.8 Å². The van der Waals surface area contributed by atoms with Gasteiger partial charge in [-0.3, -0.25) is 9.59 Å². The molecule has 2 N–H and O–H groups in total. The van der Waals surface area contributed by atoms with E-state index in [9.17, 15) is 14.4 Å². The first-order chi connectivity index (χ1) is 11.6. The van der Waals surface area contributed by atoms with Crippen molar-refractivity contribution in [1.82, 2.24) is 5.32 Å². The lowest BCUT2D eigenvalue weighted by Gasteiger charge is -2.11. The SMILES string of the molecule is CNC(=O)c1ccc(NC(=O)C[C@H]2OC(=O)c3ccccc32)cc1. The van der Waals surface area contributed by atoms with E-state index in [-0.39, 0.29) is 18.2 Å². The minimum absolute atomic E-state index is 0.0416. The molecule has 1 aliphatic rings. The Bertz CT molecular complexity index is 799. The topological polar surface area (TPSA) is 84.5 Å². The summed E-state index contributed by atoms with van der Waals surface area (Å²) in [7, 11) is 1.55. The fourth-order valence-corrected chi connectivity index (χ4v) is 2.60. The molecule has 0 saturated heterocycles. The lowest BCUT2D eigenvalue weighted by molar-refractivity contribution is -0.118. The molecule has 1 atom stereocenters. The lowest BCUT2D eigenvalue weighted by Crippen LogP contribution is -2.18. The first-order valence-corrected chi connectivity index (χ1v) is 7.50. The van der Waals surface area contributed by atoms with Gasteiger partial charge in [0.15, 0.2) is 0 Å². The highest BCUT2D eigenvalue weighted by molar-refractivity contribution is 5.97. The molecule has 2 aromatic carbocycles. The second-order valence-electron chi connectivity index (χ2n) is 5.39. The molecule has 0 spiro atoms. The van der Waals surface area contributed by atoms with Crippen molar-refractivity contribution in [2.24, 2.45) is 0 Å². The number of fused-ring (bicyclic) bond motifs is 1. The first kappa shape index (κ1) is 15.7. The van der Waals surface area contributed by atoms with Gasteiger partial charge in [-0.25, -0.2) is 4.79 Å². The predicted octanol–water partition coefficient (Wildman–Crippen LogP) is 2.29. The van der Waals surface area contributed by atoms with E-state index in [1.165, 1.54) is 0 Å². The average Bonchev–Trinajstić information content (AvgIpc) is 2.91. The zero-order valence-electron chi connectivity index (χ0n) is 13.0. The number of rotatable bonds is 4. The van der Waals surface area contributed by atoms with E-state index >= 15 is 0 Å². The van der Waals surface area contributed by atoms with Crippen LogP contribution in [0.4, 0.5) is 5.69 Å². The minimum atomic E-state index is -0.571. The molecule has 0 aliphatic carbocycles. The summed E-state index contributed by atoms with van der Waals surface area (Å²) in [6.45, 7) is 0. The van der Waals surface area contributed by atoms with Crippen molar-refractivity contribution in [2.45, 2.75) is 12.5 Å². The van der Waals surface area contributed by atoms with Gasteiger partial charge in [-0.05, 0) is 30.3 Å². The minimum Gasteiger partial charge on any atom is -0.453 e. The highest BCUT2D eigenvalue weighted by atomic mass is 16.5. The first-order valence-electron chi connectivity index (χ1n) is 7.50. The third-order valence-electron chi connectivity index (χ3n) is 3.81.